The van der Waals surface area contributed by atoms with Crippen molar-refractivity contribution in [2.24, 2.45) is 0 Å². The fourth-order valence-electron chi connectivity index (χ4n) is 1.17. The number of hydrogen-bond donors (Lipinski definition) is 0. The van der Waals surface area contributed by atoms with Crippen LogP contribution in [0, 0.1) is 15.9 Å². The molecule has 0 saturated heterocycles. The van der Waals surface area contributed by atoms with Crippen molar-refractivity contribution in [1.29, 1.82) is 0 Å². The molecule has 0 N–H and O–H groups in total. The number of nitro groups is 1. The summed E-state index contributed by atoms with van der Waals surface area (Å²) in [6.45, 7) is 0. The van der Waals surface area contributed by atoms with Crippen LogP contribution in [0.25, 0.3) is 11.3 Å². The highest BCUT2D eigenvalue weighted by Gasteiger charge is 2.15. The van der Waals surface area contributed by atoms with Crippen LogP contribution in [0.4, 0.5) is 10.1 Å². The number of hydrogen-bond acceptors (Lipinski definition) is 4. The Morgan fingerprint density at radius 1 is 1.40 bits per heavy atom. The standard InChI is InChI=1S/C9H5FN2O3/c10-7-2-1-6(5-9(7)12(13)14)8-3-4-15-11-8/h1-5H. The van der Waals surface area contributed by atoms with Gasteiger partial charge >= 0.3 is 5.69 Å². The smallest absolute Gasteiger partial charge is 0.305 e. The lowest BCUT2D eigenvalue weighted by atomic mass is 10.1. The molecule has 0 saturated carbocycles. The van der Waals surface area contributed by atoms with Crippen molar-refractivity contribution in [3.05, 3.63) is 46.5 Å². The summed E-state index contributed by atoms with van der Waals surface area (Å²) < 4.78 is 17.6. The molecular formula is C9H5FN2O3. The van der Waals surface area contributed by atoms with E-state index >= 15 is 0 Å². The fraction of sp³-hybridized carbons (Fsp3) is 0. The van der Waals surface area contributed by atoms with Crippen molar-refractivity contribution < 1.29 is 13.8 Å². The highest BCUT2D eigenvalue weighted by atomic mass is 19.1. The SMILES string of the molecule is O=[N+]([O-])c1cc(-c2ccon2)ccc1F. The maximum Gasteiger partial charge on any atom is 0.305 e. The van der Waals surface area contributed by atoms with Gasteiger partial charge in [-0.3, -0.25) is 10.1 Å². The Morgan fingerprint density at radius 3 is 2.80 bits per heavy atom. The third kappa shape index (κ3) is 1.69. The Morgan fingerprint density at radius 2 is 2.20 bits per heavy atom. The third-order valence-electron chi connectivity index (χ3n) is 1.88. The van der Waals surface area contributed by atoms with Gasteiger partial charge in [0.25, 0.3) is 0 Å². The number of nitro benzene ring substituents is 1. The first-order chi connectivity index (χ1) is 7.18. The molecule has 0 aliphatic rings. The van der Waals surface area contributed by atoms with E-state index in [-0.39, 0.29) is 0 Å². The van der Waals surface area contributed by atoms with E-state index < -0.39 is 16.4 Å². The molecule has 0 radical (unpaired) electrons. The van der Waals surface area contributed by atoms with E-state index in [1.165, 1.54) is 18.4 Å². The monoisotopic (exact) mass is 208 g/mol. The van der Waals surface area contributed by atoms with Gasteiger partial charge in [-0.1, -0.05) is 5.16 Å². The molecule has 0 aliphatic carbocycles. The van der Waals surface area contributed by atoms with E-state index in [1.54, 1.807) is 0 Å². The van der Waals surface area contributed by atoms with Crippen LogP contribution < -0.4 is 0 Å². The molecule has 2 rings (SSSR count). The lowest BCUT2D eigenvalue weighted by Gasteiger charge is -1.96. The van der Waals surface area contributed by atoms with E-state index in [4.69, 9.17) is 0 Å². The summed E-state index contributed by atoms with van der Waals surface area (Å²) in [6, 6.07) is 5.09. The zero-order valence-corrected chi connectivity index (χ0v) is 7.38. The summed E-state index contributed by atoms with van der Waals surface area (Å²) in [7, 11) is 0. The molecule has 0 bridgehead atoms. The summed E-state index contributed by atoms with van der Waals surface area (Å²) in [4.78, 5) is 9.69. The normalized spacial score (nSPS) is 10.2. The van der Waals surface area contributed by atoms with Gasteiger partial charge in [-0.25, -0.2) is 0 Å². The quantitative estimate of drug-likeness (QED) is 0.561. The van der Waals surface area contributed by atoms with Gasteiger partial charge in [0.2, 0.25) is 5.82 Å². The van der Waals surface area contributed by atoms with Crippen LogP contribution >= 0.6 is 0 Å². The molecule has 0 atom stereocenters. The lowest BCUT2D eigenvalue weighted by Crippen LogP contribution is -1.92. The van der Waals surface area contributed by atoms with Crippen LogP contribution in [0.5, 0.6) is 0 Å². The van der Waals surface area contributed by atoms with Gasteiger partial charge in [-0.2, -0.15) is 4.39 Å². The fourth-order valence-corrected chi connectivity index (χ4v) is 1.17. The lowest BCUT2D eigenvalue weighted by molar-refractivity contribution is -0.387. The molecule has 5 nitrogen and oxygen atoms in total. The van der Waals surface area contributed by atoms with Crippen LogP contribution in [-0.2, 0) is 0 Å². The number of benzene rings is 1. The van der Waals surface area contributed by atoms with Crippen molar-refractivity contribution in [1.82, 2.24) is 5.16 Å². The minimum absolute atomic E-state index is 0.429. The van der Waals surface area contributed by atoms with Gasteiger partial charge in [0.1, 0.15) is 12.0 Å². The molecule has 15 heavy (non-hydrogen) atoms. The van der Waals surface area contributed by atoms with Crippen molar-refractivity contribution in [2.45, 2.75) is 0 Å². The molecule has 1 aromatic carbocycles. The topological polar surface area (TPSA) is 69.2 Å². The summed E-state index contributed by atoms with van der Waals surface area (Å²) >= 11 is 0. The molecule has 0 unspecified atom stereocenters. The van der Waals surface area contributed by atoms with Crippen molar-refractivity contribution in [3.8, 4) is 11.3 Å². The Labute approximate surface area is 83.3 Å². The largest absolute Gasteiger partial charge is 0.364 e. The zero-order valence-electron chi connectivity index (χ0n) is 7.38. The van der Waals surface area contributed by atoms with Crippen LogP contribution in [0.15, 0.2) is 35.1 Å². The molecule has 0 spiro atoms. The molecule has 0 fully saturated rings. The molecule has 6 heteroatoms. The van der Waals surface area contributed by atoms with E-state index in [9.17, 15) is 14.5 Å². The zero-order chi connectivity index (χ0) is 10.8. The Hall–Kier alpha value is -2.24. The number of halogens is 1. The first-order valence-electron chi connectivity index (χ1n) is 4.03. The van der Waals surface area contributed by atoms with Gasteiger partial charge in [0.05, 0.1) is 4.92 Å². The van der Waals surface area contributed by atoms with Gasteiger partial charge < -0.3 is 4.52 Å². The highest BCUT2D eigenvalue weighted by Crippen LogP contribution is 2.24. The summed E-state index contributed by atoms with van der Waals surface area (Å²) in [5.74, 6) is -0.868. The van der Waals surface area contributed by atoms with Gasteiger partial charge in [-0.05, 0) is 12.1 Å². The minimum Gasteiger partial charge on any atom is -0.364 e. The molecule has 1 heterocycles. The second-order valence-electron chi connectivity index (χ2n) is 2.81. The second kappa shape index (κ2) is 3.49. The number of nitrogens with zero attached hydrogens (tertiary/aromatic N) is 2. The summed E-state index contributed by atoms with van der Waals surface area (Å²) in [5.41, 5.74) is 0.297. The Bertz CT molecular complexity index is 496. The van der Waals surface area contributed by atoms with E-state index in [1.807, 2.05) is 0 Å². The van der Waals surface area contributed by atoms with Crippen LogP contribution in [0.1, 0.15) is 0 Å². The predicted octanol–water partition coefficient (Wildman–Crippen LogP) is 2.39. The number of aromatic nitrogens is 1. The molecule has 0 amide bonds. The first-order valence-corrected chi connectivity index (χ1v) is 4.03. The van der Waals surface area contributed by atoms with Crippen molar-refractivity contribution in [2.75, 3.05) is 0 Å². The Balaban J connectivity index is 2.52. The molecule has 0 aliphatic heterocycles. The third-order valence-corrected chi connectivity index (χ3v) is 1.88. The second-order valence-corrected chi connectivity index (χ2v) is 2.81. The van der Waals surface area contributed by atoms with Crippen LogP contribution in [-0.4, -0.2) is 10.1 Å². The predicted molar refractivity (Wildman–Crippen MR) is 48.6 cm³/mol. The van der Waals surface area contributed by atoms with Gasteiger partial charge in [-0.15, -0.1) is 0 Å². The molecular weight excluding hydrogens is 203 g/mol. The van der Waals surface area contributed by atoms with E-state index in [2.05, 4.69) is 9.68 Å². The van der Waals surface area contributed by atoms with Crippen LogP contribution in [0.3, 0.4) is 0 Å². The average Bonchev–Trinajstić information content (AvgIpc) is 2.71. The average molecular weight is 208 g/mol. The van der Waals surface area contributed by atoms with Gasteiger partial charge in [0.15, 0.2) is 0 Å². The van der Waals surface area contributed by atoms with Crippen LogP contribution in [0.2, 0.25) is 0 Å². The summed E-state index contributed by atoms with van der Waals surface area (Å²) in [6.07, 6.45) is 1.34. The summed E-state index contributed by atoms with van der Waals surface area (Å²) in [5, 5.41) is 14.1. The maximum atomic E-state index is 13.0. The minimum atomic E-state index is -0.868. The molecule has 76 valence electrons. The number of rotatable bonds is 2. The molecule has 2 aromatic rings. The van der Waals surface area contributed by atoms with E-state index in [0.717, 1.165) is 12.1 Å². The highest BCUT2D eigenvalue weighted by molar-refractivity contribution is 5.61. The first kappa shape index (κ1) is 9.32. The Kier molecular flexibility index (Phi) is 2.17. The van der Waals surface area contributed by atoms with Crippen molar-refractivity contribution in [3.63, 3.8) is 0 Å². The maximum absolute atomic E-state index is 13.0. The molecule has 1 aromatic heterocycles. The van der Waals surface area contributed by atoms with E-state index in [0.29, 0.717) is 11.3 Å². The van der Waals surface area contributed by atoms with Crippen molar-refractivity contribution >= 4 is 5.69 Å². The van der Waals surface area contributed by atoms with Gasteiger partial charge in [0, 0.05) is 17.7 Å².